The van der Waals surface area contributed by atoms with Crippen LogP contribution < -0.4 is 10.6 Å². The molecule has 0 aliphatic carbocycles. The van der Waals surface area contributed by atoms with Gasteiger partial charge in [-0.1, -0.05) is 32.9 Å². The minimum absolute atomic E-state index is 0.0304. The van der Waals surface area contributed by atoms with E-state index >= 15 is 0 Å². The maximum absolute atomic E-state index is 11.7. The lowest BCUT2D eigenvalue weighted by Crippen LogP contribution is -2.40. The molecule has 0 aliphatic heterocycles. The van der Waals surface area contributed by atoms with Crippen molar-refractivity contribution in [1.82, 2.24) is 5.32 Å². The van der Waals surface area contributed by atoms with E-state index in [-0.39, 0.29) is 18.1 Å². The van der Waals surface area contributed by atoms with Gasteiger partial charge < -0.3 is 15.7 Å². The molecule has 0 spiro atoms. The van der Waals surface area contributed by atoms with Crippen LogP contribution in [0, 0.1) is 0 Å². The predicted octanol–water partition coefficient (Wildman–Crippen LogP) is 1.81. The maximum atomic E-state index is 11.7. The van der Waals surface area contributed by atoms with Crippen LogP contribution in [0.5, 0.6) is 0 Å². The Balaban J connectivity index is 2.60. The van der Waals surface area contributed by atoms with E-state index in [0.29, 0.717) is 12.1 Å². The smallest absolute Gasteiger partial charge is 0.313 e. The third-order valence-electron chi connectivity index (χ3n) is 3.15. The minimum Gasteiger partial charge on any atom is -0.396 e. The lowest BCUT2D eigenvalue weighted by atomic mass is 9.87. The van der Waals surface area contributed by atoms with E-state index in [0.717, 1.165) is 5.56 Å². The minimum atomic E-state index is -0.705. The number of carbonyl (C=O) groups excluding carboxylic acids is 2. The number of nitrogens with one attached hydrogen (secondary N) is 2. The van der Waals surface area contributed by atoms with Crippen molar-refractivity contribution in [2.45, 2.75) is 45.6 Å². The maximum Gasteiger partial charge on any atom is 0.313 e. The highest BCUT2D eigenvalue weighted by Crippen LogP contribution is 2.23. The summed E-state index contributed by atoms with van der Waals surface area (Å²) in [4.78, 5) is 23.4. The van der Waals surface area contributed by atoms with Crippen LogP contribution in [0.1, 0.15) is 39.7 Å². The number of hydrogen-bond donors (Lipinski definition) is 3. The molecule has 0 saturated carbocycles. The topological polar surface area (TPSA) is 78.4 Å². The van der Waals surface area contributed by atoms with Gasteiger partial charge in [0.1, 0.15) is 0 Å². The van der Waals surface area contributed by atoms with E-state index in [1.807, 2.05) is 12.1 Å². The van der Waals surface area contributed by atoms with Crippen LogP contribution in [0.15, 0.2) is 24.3 Å². The summed E-state index contributed by atoms with van der Waals surface area (Å²) in [6, 6.07) is 7.19. The molecule has 5 heteroatoms. The molecule has 0 fully saturated rings. The fourth-order valence-corrected chi connectivity index (χ4v) is 1.80. The molecule has 5 nitrogen and oxygen atoms in total. The van der Waals surface area contributed by atoms with Gasteiger partial charge >= 0.3 is 11.8 Å². The Hall–Kier alpha value is -1.88. The van der Waals surface area contributed by atoms with E-state index in [4.69, 9.17) is 5.11 Å². The zero-order chi connectivity index (χ0) is 16.0. The van der Waals surface area contributed by atoms with Crippen molar-refractivity contribution in [2.75, 3.05) is 11.9 Å². The van der Waals surface area contributed by atoms with E-state index in [9.17, 15) is 9.59 Å². The number of anilines is 1. The van der Waals surface area contributed by atoms with Crippen LogP contribution in [0.4, 0.5) is 5.69 Å². The highest BCUT2D eigenvalue weighted by molar-refractivity contribution is 6.39. The van der Waals surface area contributed by atoms with E-state index in [2.05, 4.69) is 31.4 Å². The second-order valence-electron chi connectivity index (χ2n) is 6.17. The standard InChI is InChI=1S/C16H24N2O3/c1-11(9-10-19)17-14(20)15(21)18-13-7-5-12(6-8-13)16(2,3)4/h5-8,11,19H,9-10H2,1-4H3,(H,17,20)(H,18,21)/t11-/m1/s1. The summed E-state index contributed by atoms with van der Waals surface area (Å²) >= 11 is 0. The van der Waals surface area contributed by atoms with Crippen LogP contribution in [0.3, 0.4) is 0 Å². The molecular formula is C16H24N2O3. The number of benzene rings is 1. The molecule has 1 aromatic carbocycles. The second-order valence-corrected chi connectivity index (χ2v) is 6.17. The first kappa shape index (κ1) is 17.2. The summed E-state index contributed by atoms with van der Waals surface area (Å²) in [6.45, 7) is 8.03. The van der Waals surface area contributed by atoms with Crippen LogP contribution in [0.25, 0.3) is 0 Å². The fraction of sp³-hybridized carbons (Fsp3) is 0.500. The van der Waals surface area contributed by atoms with Gasteiger partial charge in [0, 0.05) is 18.3 Å². The SMILES string of the molecule is C[C@H](CCO)NC(=O)C(=O)Nc1ccc(C(C)(C)C)cc1. The van der Waals surface area contributed by atoms with Gasteiger partial charge in [-0.2, -0.15) is 0 Å². The first-order valence-electron chi connectivity index (χ1n) is 7.07. The highest BCUT2D eigenvalue weighted by atomic mass is 16.3. The molecule has 1 atom stereocenters. The highest BCUT2D eigenvalue weighted by Gasteiger charge is 2.17. The molecular weight excluding hydrogens is 268 g/mol. The number of rotatable bonds is 4. The normalized spacial score (nSPS) is 12.6. The molecule has 0 aromatic heterocycles. The molecule has 0 radical (unpaired) electrons. The monoisotopic (exact) mass is 292 g/mol. The zero-order valence-corrected chi connectivity index (χ0v) is 13.1. The van der Waals surface area contributed by atoms with Gasteiger partial charge in [-0.15, -0.1) is 0 Å². The van der Waals surface area contributed by atoms with Crippen molar-refractivity contribution in [1.29, 1.82) is 0 Å². The molecule has 0 bridgehead atoms. The van der Waals surface area contributed by atoms with Gasteiger partial charge in [0.25, 0.3) is 0 Å². The third-order valence-corrected chi connectivity index (χ3v) is 3.15. The van der Waals surface area contributed by atoms with Gasteiger partial charge in [-0.05, 0) is 36.5 Å². The molecule has 0 heterocycles. The molecule has 0 saturated heterocycles. The van der Waals surface area contributed by atoms with E-state index < -0.39 is 11.8 Å². The average molecular weight is 292 g/mol. The number of amides is 2. The molecule has 2 amide bonds. The quantitative estimate of drug-likeness (QED) is 0.741. The van der Waals surface area contributed by atoms with Crippen molar-refractivity contribution in [3.05, 3.63) is 29.8 Å². The Kier molecular flexibility index (Phi) is 5.90. The summed E-state index contributed by atoms with van der Waals surface area (Å²) in [5, 5.41) is 13.8. The first-order chi connectivity index (χ1) is 9.74. The van der Waals surface area contributed by atoms with Gasteiger partial charge in [-0.3, -0.25) is 9.59 Å². The van der Waals surface area contributed by atoms with E-state index in [1.165, 1.54) is 0 Å². The van der Waals surface area contributed by atoms with Gasteiger partial charge in [0.05, 0.1) is 0 Å². The summed E-state index contributed by atoms with van der Waals surface area (Å²) < 4.78 is 0. The lowest BCUT2D eigenvalue weighted by molar-refractivity contribution is -0.136. The van der Waals surface area contributed by atoms with Gasteiger partial charge in [0.15, 0.2) is 0 Å². The number of aliphatic hydroxyl groups excluding tert-OH is 1. The Bertz CT molecular complexity index is 489. The first-order valence-corrected chi connectivity index (χ1v) is 7.07. The van der Waals surface area contributed by atoms with Crippen molar-refractivity contribution in [3.63, 3.8) is 0 Å². The van der Waals surface area contributed by atoms with Crippen molar-refractivity contribution in [3.8, 4) is 0 Å². The number of carbonyl (C=O) groups is 2. The molecule has 3 N–H and O–H groups in total. The van der Waals surface area contributed by atoms with Crippen molar-refractivity contribution in [2.24, 2.45) is 0 Å². The second kappa shape index (κ2) is 7.22. The van der Waals surface area contributed by atoms with Gasteiger partial charge in [0.2, 0.25) is 0 Å². The summed E-state index contributed by atoms with van der Waals surface area (Å²) in [6.07, 6.45) is 0.416. The fourth-order valence-electron chi connectivity index (χ4n) is 1.80. The average Bonchev–Trinajstić information content (AvgIpc) is 2.38. The van der Waals surface area contributed by atoms with Crippen LogP contribution >= 0.6 is 0 Å². The van der Waals surface area contributed by atoms with Crippen molar-refractivity contribution < 1.29 is 14.7 Å². The Labute approximate surface area is 125 Å². The molecule has 116 valence electrons. The molecule has 1 rings (SSSR count). The Morgan fingerprint density at radius 2 is 1.71 bits per heavy atom. The summed E-state index contributed by atoms with van der Waals surface area (Å²) in [5.74, 6) is -1.40. The Morgan fingerprint density at radius 3 is 2.19 bits per heavy atom. The third kappa shape index (κ3) is 5.55. The largest absolute Gasteiger partial charge is 0.396 e. The molecule has 1 aromatic rings. The number of hydrogen-bond acceptors (Lipinski definition) is 3. The van der Waals surface area contributed by atoms with Gasteiger partial charge in [-0.25, -0.2) is 0 Å². The summed E-state index contributed by atoms with van der Waals surface area (Å²) in [5.41, 5.74) is 1.78. The molecule has 0 unspecified atom stereocenters. The molecule has 21 heavy (non-hydrogen) atoms. The van der Waals surface area contributed by atoms with Crippen LogP contribution in [-0.2, 0) is 15.0 Å². The predicted molar refractivity (Wildman–Crippen MR) is 83.1 cm³/mol. The van der Waals surface area contributed by atoms with Crippen LogP contribution in [-0.4, -0.2) is 29.6 Å². The Morgan fingerprint density at radius 1 is 1.14 bits per heavy atom. The van der Waals surface area contributed by atoms with Crippen molar-refractivity contribution >= 4 is 17.5 Å². The number of aliphatic hydroxyl groups is 1. The van der Waals surface area contributed by atoms with E-state index in [1.54, 1.807) is 19.1 Å². The lowest BCUT2D eigenvalue weighted by Gasteiger charge is -2.19. The zero-order valence-electron chi connectivity index (χ0n) is 13.1. The summed E-state index contributed by atoms with van der Waals surface area (Å²) in [7, 11) is 0. The van der Waals surface area contributed by atoms with Crippen LogP contribution in [0.2, 0.25) is 0 Å². The molecule has 0 aliphatic rings.